The van der Waals surface area contributed by atoms with Crippen molar-refractivity contribution in [2.75, 3.05) is 12.8 Å². The van der Waals surface area contributed by atoms with Crippen molar-refractivity contribution in [2.45, 2.75) is 6.92 Å². The van der Waals surface area contributed by atoms with Crippen LogP contribution in [0.3, 0.4) is 0 Å². The van der Waals surface area contributed by atoms with Crippen LogP contribution in [0.5, 0.6) is 5.75 Å². The Hall–Kier alpha value is -1.51. The van der Waals surface area contributed by atoms with Gasteiger partial charge in [0.25, 0.3) is 0 Å². The normalized spacial score (nSPS) is 9.50. The van der Waals surface area contributed by atoms with E-state index in [1.54, 1.807) is 7.11 Å². The molecule has 0 bridgehead atoms. The van der Waals surface area contributed by atoms with Crippen LogP contribution in [0.25, 0.3) is 0 Å². The Balaban J connectivity index is 0.00000144. The van der Waals surface area contributed by atoms with Crippen molar-refractivity contribution < 1.29 is 6.16 Å². The van der Waals surface area contributed by atoms with E-state index in [9.17, 15) is 0 Å². The van der Waals surface area contributed by atoms with Crippen LogP contribution in [0.4, 0.5) is 5.69 Å². The molecule has 3 nitrogen and oxygen atoms in total. The molecular formula is C9H14N2O. The second-order valence-electron chi connectivity index (χ2n) is 2.61. The fourth-order valence-electron chi connectivity index (χ4n) is 1.11. The molecule has 66 valence electrons. The van der Waals surface area contributed by atoms with Crippen molar-refractivity contribution in [1.29, 1.82) is 5.41 Å². The molecule has 0 fully saturated rings. The zero-order valence-electron chi connectivity index (χ0n) is 7.22. The molecule has 0 saturated carbocycles. The number of ether oxygens (including phenoxy) is 1. The number of nitrogen functional groups attached to an aromatic ring is 1. The summed E-state index contributed by atoms with van der Waals surface area (Å²) in [4.78, 5) is 0. The number of anilines is 1. The van der Waals surface area contributed by atoms with Crippen LogP contribution in [-0.4, -0.2) is 13.3 Å². The number of benzene rings is 1. The Bertz CT molecular complexity index is 313. The highest BCUT2D eigenvalue weighted by Crippen LogP contribution is 2.24. The molecule has 1 aromatic rings. The number of nitrogens with two attached hydrogens (primary N) is 1. The number of hydrogen-bond acceptors (Lipinski definition) is 3. The Morgan fingerprint density at radius 2 is 2.25 bits per heavy atom. The summed E-state index contributed by atoms with van der Waals surface area (Å²) >= 11 is 0. The van der Waals surface area contributed by atoms with Crippen molar-refractivity contribution in [3.63, 3.8) is 0 Å². The first-order valence-corrected chi connectivity index (χ1v) is 3.63. The molecule has 12 heavy (non-hydrogen) atoms. The van der Waals surface area contributed by atoms with Crippen molar-refractivity contribution in [3.8, 4) is 5.75 Å². The van der Waals surface area contributed by atoms with Crippen molar-refractivity contribution in [2.24, 2.45) is 0 Å². The third-order valence-electron chi connectivity index (χ3n) is 1.68. The Labute approximate surface area is 73.1 Å². The van der Waals surface area contributed by atoms with Crippen LogP contribution in [-0.2, 0) is 0 Å². The van der Waals surface area contributed by atoms with Gasteiger partial charge in [0, 0.05) is 13.3 Å². The molecule has 0 unspecified atom stereocenters. The molecule has 0 saturated heterocycles. The minimum absolute atomic E-state index is 0. The standard InChI is InChI=1S/C9H12N2O.H2/c1-6-3-8(11)7(5-10)9(4-6)12-2;/h3-5,10H,11H2,1-2H3;1H. The number of methoxy groups -OCH3 is 1. The second kappa shape index (κ2) is 3.26. The van der Waals surface area contributed by atoms with Gasteiger partial charge in [-0.25, -0.2) is 0 Å². The first kappa shape index (κ1) is 8.59. The number of nitrogens with one attached hydrogen (secondary N) is 1. The molecule has 0 aliphatic carbocycles. The maximum absolute atomic E-state index is 7.11. The molecule has 0 aromatic heterocycles. The van der Waals surface area contributed by atoms with E-state index in [1.807, 2.05) is 19.1 Å². The quantitative estimate of drug-likeness (QED) is 0.520. The SMILES string of the molecule is COc1cc(C)cc(N)c1C=N.[HH]. The molecule has 0 aliphatic heterocycles. The van der Waals surface area contributed by atoms with Gasteiger partial charge in [-0.05, 0) is 24.6 Å². The lowest BCUT2D eigenvalue weighted by Gasteiger charge is -2.07. The minimum Gasteiger partial charge on any atom is -0.496 e. The maximum atomic E-state index is 7.11. The van der Waals surface area contributed by atoms with Gasteiger partial charge < -0.3 is 15.9 Å². The van der Waals surface area contributed by atoms with Crippen LogP contribution in [0.1, 0.15) is 12.6 Å². The second-order valence-corrected chi connectivity index (χ2v) is 2.61. The molecule has 0 heterocycles. The molecule has 3 heteroatoms. The molecular weight excluding hydrogens is 152 g/mol. The molecule has 1 rings (SSSR count). The highest BCUT2D eigenvalue weighted by atomic mass is 16.5. The molecule has 0 atom stereocenters. The zero-order chi connectivity index (χ0) is 9.14. The van der Waals surface area contributed by atoms with Crippen LogP contribution in [0.15, 0.2) is 12.1 Å². The number of aryl methyl sites for hydroxylation is 1. The van der Waals surface area contributed by atoms with Crippen molar-refractivity contribution in [3.05, 3.63) is 23.3 Å². The Kier molecular flexibility index (Phi) is 2.33. The van der Waals surface area contributed by atoms with Gasteiger partial charge in [-0.15, -0.1) is 0 Å². The lowest BCUT2D eigenvalue weighted by molar-refractivity contribution is 0.414. The molecule has 0 radical (unpaired) electrons. The highest BCUT2D eigenvalue weighted by Gasteiger charge is 2.04. The fraction of sp³-hybridized carbons (Fsp3) is 0.222. The van der Waals surface area contributed by atoms with E-state index in [0.29, 0.717) is 17.0 Å². The van der Waals surface area contributed by atoms with Crippen LogP contribution < -0.4 is 10.5 Å². The van der Waals surface area contributed by atoms with E-state index in [-0.39, 0.29) is 1.43 Å². The topological polar surface area (TPSA) is 59.1 Å². The average Bonchev–Trinajstić information content (AvgIpc) is 2.03. The monoisotopic (exact) mass is 166 g/mol. The van der Waals surface area contributed by atoms with Gasteiger partial charge in [0.05, 0.1) is 12.7 Å². The van der Waals surface area contributed by atoms with Gasteiger partial charge in [0.2, 0.25) is 0 Å². The van der Waals surface area contributed by atoms with Crippen LogP contribution >= 0.6 is 0 Å². The largest absolute Gasteiger partial charge is 0.496 e. The lowest BCUT2D eigenvalue weighted by atomic mass is 10.1. The van der Waals surface area contributed by atoms with E-state index in [2.05, 4.69) is 0 Å². The predicted molar refractivity (Wildman–Crippen MR) is 52.1 cm³/mol. The smallest absolute Gasteiger partial charge is 0.129 e. The van der Waals surface area contributed by atoms with Gasteiger partial charge in [0.1, 0.15) is 5.75 Å². The summed E-state index contributed by atoms with van der Waals surface area (Å²) in [5.41, 5.74) is 7.94. The van der Waals surface area contributed by atoms with E-state index in [1.165, 1.54) is 6.21 Å². The highest BCUT2D eigenvalue weighted by molar-refractivity contribution is 5.89. The summed E-state index contributed by atoms with van der Waals surface area (Å²) in [7, 11) is 1.57. The van der Waals surface area contributed by atoms with Gasteiger partial charge >= 0.3 is 0 Å². The van der Waals surface area contributed by atoms with Gasteiger partial charge in [0.15, 0.2) is 0 Å². The fourth-order valence-corrected chi connectivity index (χ4v) is 1.11. The van der Waals surface area contributed by atoms with E-state index in [4.69, 9.17) is 15.9 Å². The molecule has 0 amide bonds. The third-order valence-corrected chi connectivity index (χ3v) is 1.68. The van der Waals surface area contributed by atoms with E-state index < -0.39 is 0 Å². The number of hydrogen-bond donors (Lipinski definition) is 2. The lowest BCUT2D eigenvalue weighted by Crippen LogP contribution is -1.97. The summed E-state index contributed by atoms with van der Waals surface area (Å²) in [6.45, 7) is 1.94. The van der Waals surface area contributed by atoms with Crippen molar-refractivity contribution >= 4 is 11.9 Å². The summed E-state index contributed by atoms with van der Waals surface area (Å²) in [6, 6.07) is 3.68. The summed E-state index contributed by atoms with van der Waals surface area (Å²) < 4.78 is 5.07. The average molecular weight is 166 g/mol. The summed E-state index contributed by atoms with van der Waals surface area (Å²) in [5.74, 6) is 0.655. The van der Waals surface area contributed by atoms with Gasteiger partial charge in [-0.2, -0.15) is 0 Å². The molecule has 1 aromatic carbocycles. The third kappa shape index (κ3) is 1.39. The molecule has 0 spiro atoms. The van der Waals surface area contributed by atoms with E-state index >= 15 is 0 Å². The van der Waals surface area contributed by atoms with Gasteiger partial charge in [-0.3, -0.25) is 0 Å². The first-order chi connectivity index (χ1) is 5.69. The van der Waals surface area contributed by atoms with Crippen molar-refractivity contribution in [1.82, 2.24) is 0 Å². The Morgan fingerprint density at radius 1 is 1.58 bits per heavy atom. The predicted octanol–water partition coefficient (Wildman–Crippen LogP) is 1.83. The van der Waals surface area contributed by atoms with Crippen LogP contribution in [0, 0.1) is 12.3 Å². The number of rotatable bonds is 2. The van der Waals surface area contributed by atoms with Gasteiger partial charge in [-0.1, -0.05) is 0 Å². The van der Waals surface area contributed by atoms with Crippen LogP contribution in [0.2, 0.25) is 0 Å². The maximum Gasteiger partial charge on any atom is 0.129 e. The summed E-state index contributed by atoms with van der Waals surface area (Å²) in [5, 5.41) is 7.11. The zero-order valence-corrected chi connectivity index (χ0v) is 7.22. The minimum atomic E-state index is 0. The summed E-state index contributed by atoms with van der Waals surface area (Å²) in [6.07, 6.45) is 1.20. The molecule has 0 aliphatic rings. The van der Waals surface area contributed by atoms with E-state index in [0.717, 1.165) is 5.56 Å². The molecule has 3 N–H and O–H groups in total. The Morgan fingerprint density at radius 3 is 2.75 bits per heavy atom. The first-order valence-electron chi connectivity index (χ1n) is 3.63.